The lowest BCUT2D eigenvalue weighted by molar-refractivity contribution is -0.148. The second-order valence-electron chi connectivity index (χ2n) is 4.78. The van der Waals surface area contributed by atoms with Crippen molar-refractivity contribution in [2.75, 3.05) is 0 Å². The molecule has 18 heavy (non-hydrogen) atoms. The Morgan fingerprint density at radius 3 is 2.67 bits per heavy atom. The minimum absolute atomic E-state index is 0.524. The Balaban J connectivity index is 2.11. The van der Waals surface area contributed by atoms with Gasteiger partial charge in [0.2, 0.25) is 0 Å². The number of rotatable bonds is 5. The van der Waals surface area contributed by atoms with Crippen molar-refractivity contribution in [3.63, 3.8) is 0 Å². The molecule has 0 unspecified atom stereocenters. The molecule has 0 aromatic carbocycles. The molecule has 0 bridgehead atoms. The van der Waals surface area contributed by atoms with Gasteiger partial charge in [0.1, 0.15) is 5.54 Å². The van der Waals surface area contributed by atoms with E-state index in [1.165, 1.54) is 0 Å². The fourth-order valence-electron chi connectivity index (χ4n) is 2.26. The van der Waals surface area contributed by atoms with Gasteiger partial charge >= 0.3 is 5.97 Å². The number of aliphatic carboxylic acids is 1. The summed E-state index contributed by atoms with van der Waals surface area (Å²) in [4.78, 5) is 11.3. The Hall–Kier alpha value is -0.880. The Morgan fingerprint density at radius 2 is 2.28 bits per heavy atom. The molecular formula is C12H18BrN3O2. The second kappa shape index (κ2) is 5.01. The lowest BCUT2D eigenvalue weighted by atomic mass is 9.77. The summed E-state index contributed by atoms with van der Waals surface area (Å²) in [6, 6.07) is 0. The van der Waals surface area contributed by atoms with Crippen LogP contribution in [0, 0.1) is 0 Å². The van der Waals surface area contributed by atoms with E-state index in [2.05, 4.69) is 33.3 Å². The van der Waals surface area contributed by atoms with Gasteiger partial charge in [-0.1, -0.05) is 6.92 Å². The van der Waals surface area contributed by atoms with E-state index in [1.54, 1.807) is 0 Å². The van der Waals surface area contributed by atoms with E-state index >= 15 is 0 Å². The number of carboxylic acid groups (broad SMARTS) is 1. The van der Waals surface area contributed by atoms with Crippen molar-refractivity contribution < 1.29 is 9.90 Å². The highest BCUT2D eigenvalue weighted by atomic mass is 79.9. The molecule has 1 aromatic heterocycles. The largest absolute Gasteiger partial charge is 0.480 e. The molecule has 0 spiro atoms. The number of aromatic nitrogens is 2. The topological polar surface area (TPSA) is 67.2 Å². The lowest BCUT2D eigenvalue weighted by Gasteiger charge is -2.38. The Bertz CT molecular complexity index is 466. The van der Waals surface area contributed by atoms with Crippen LogP contribution in [0.5, 0.6) is 0 Å². The zero-order chi connectivity index (χ0) is 13.3. The minimum atomic E-state index is -0.747. The van der Waals surface area contributed by atoms with Gasteiger partial charge in [0.05, 0.1) is 15.9 Å². The molecule has 5 nitrogen and oxygen atoms in total. The highest BCUT2D eigenvalue weighted by molar-refractivity contribution is 9.10. The third-order valence-electron chi connectivity index (χ3n) is 3.71. The number of halogens is 1. The van der Waals surface area contributed by atoms with Crippen LogP contribution < -0.4 is 5.32 Å². The third kappa shape index (κ3) is 2.19. The number of hydrogen-bond donors (Lipinski definition) is 2. The molecule has 0 aliphatic heterocycles. The second-order valence-corrected chi connectivity index (χ2v) is 5.57. The number of nitrogens with zero attached hydrogens (tertiary/aromatic N) is 2. The molecule has 6 heteroatoms. The van der Waals surface area contributed by atoms with Crippen molar-refractivity contribution in [2.45, 2.75) is 44.7 Å². The maximum absolute atomic E-state index is 11.3. The van der Waals surface area contributed by atoms with Gasteiger partial charge in [0.25, 0.3) is 0 Å². The average molecular weight is 316 g/mol. The van der Waals surface area contributed by atoms with E-state index in [9.17, 15) is 9.90 Å². The zero-order valence-electron chi connectivity index (χ0n) is 10.7. The summed E-state index contributed by atoms with van der Waals surface area (Å²) in [5.41, 5.74) is 1.28. The fourth-order valence-corrected chi connectivity index (χ4v) is 3.02. The summed E-state index contributed by atoms with van der Waals surface area (Å²) in [5, 5.41) is 16.8. The standard InChI is InChI=1S/C12H18BrN3O2/c1-3-8-10(13)9(16(2)15-8)7-14-12(11(17)18)5-4-6-12/h14H,3-7H2,1-2H3,(H,17,18). The van der Waals surface area contributed by atoms with Gasteiger partial charge in [-0.25, -0.2) is 0 Å². The highest BCUT2D eigenvalue weighted by Crippen LogP contribution is 2.33. The van der Waals surface area contributed by atoms with Gasteiger partial charge in [0.15, 0.2) is 0 Å². The Morgan fingerprint density at radius 1 is 1.61 bits per heavy atom. The molecule has 0 saturated heterocycles. The quantitative estimate of drug-likeness (QED) is 0.870. The summed E-state index contributed by atoms with van der Waals surface area (Å²) < 4.78 is 2.80. The van der Waals surface area contributed by atoms with Gasteiger partial charge in [-0.2, -0.15) is 5.10 Å². The van der Waals surface area contributed by atoms with Crippen molar-refractivity contribution in [3.05, 3.63) is 15.9 Å². The zero-order valence-corrected chi connectivity index (χ0v) is 12.2. The minimum Gasteiger partial charge on any atom is -0.480 e. The fraction of sp³-hybridized carbons (Fsp3) is 0.667. The molecule has 2 N–H and O–H groups in total. The SMILES string of the molecule is CCc1nn(C)c(CNC2(C(=O)O)CCC2)c1Br. The van der Waals surface area contributed by atoms with Crippen molar-refractivity contribution in [1.82, 2.24) is 15.1 Å². The summed E-state index contributed by atoms with van der Waals surface area (Å²) in [6.45, 7) is 2.57. The van der Waals surface area contributed by atoms with E-state index < -0.39 is 11.5 Å². The van der Waals surface area contributed by atoms with Crippen molar-refractivity contribution in [1.29, 1.82) is 0 Å². The number of nitrogens with one attached hydrogen (secondary N) is 1. The molecule has 1 aliphatic carbocycles. The van der Waals surface area contributed by atoms with Crippen molar-refractivity contribution in [3.8, 4) is 0 Å². The molecule has 1 fully saturated rings. The van der Waals surface area contributed by atoms with E-state index in [4.69, 9.17) is 0 Å². The molecule has 1 heterocycles. The van der Waals surface area contributed by atoms with Gasteiger partial charge in [-0.15, -0.1) is 0 Å². The predicted molar refractivity (Wildman–Crippen MR) is 71.3 cm³/mol. The van der Waals surface area contributed by atoms with Crippen LogP contribution >= 0.6 is 15.9 Å². The van der Waals surface area contributed by atoms with Crippen LogP contribution in [0.2, 0.25) is 0 Å². The van der Waals surface area contributed by atoms with Crippen LogP contribution in [0.25, 0.3) is 0 Å². The van der Waals surface area contributed by atoms with E-state index in [1.807, 2.05) is 11.7 Å². The van der Waals surface area contributed by atoms with E-state index in [-0.39, 0.29) is 0 Å². The molecule has 0 amide bonds. The summed E-state index contributed by atoms with van der Waals surface area (Å²) in [5.74, 6) is -0.747. The first kappa shape index (κ1) is 13.5. The van der Waals surface area contributed by atoms with E-state index in [0.29, 0.717) is 19.4 Å². The van der Waals surface area contributed by atoms with Crippen LogP contribution in [0.1, 0.15) is 37.6 Å². The van der Waals surface area contributed by atoms with Gasteiger partial charge in [-0.05, 0) is 41.6 Å². The van der Waals surface area contributed by atoms with Gasteiger partial charge < -0.3 is 5.11 Å². The molecule has 1 aromatic rings. The maximum Gasteiger partial charge on any atom is 0.323 e. The number of aryl methyl sites for hydroxylation is 2. The first-order chi connectivity index (χ1) is 8.50. The number of carbonyl (C=O) groups is 1. The predicted octanol–water partition coefficient (Wildman–Crippen LogP) is 1.84. The van der Waals surface area contributed by atoms with Gasteiger partial charge in [0, 0.05) is 13.6 Å². The number of carboxylic acids is 1. The van der Waals surface area contributed by atoms with Crippen LogP contribution in [0.4, 0.5) is 0 Å². The molecule has 0 radical (unpaired) electrons. The Kier molecular flexibility index (Phi) is 3.77. The normalized spacial score (nSPS) is 17.5. The lowest BCUT2D eigenvalue weighted by Crippen LogP contribution is -2.56. The molecule has 1 aliphatic rings. The smallest absolute Gasteiger partial charge is 0.323 e. The van der Waals surface area contributed by atoms with Crippen LogP contribution in [0.15, 0.2) is 4.47 Å². The molecular weight excluding hydrogens is 298 g/mol. The molecule has 100 valence electrons. The summed E-state index contributed by atoms with van der Waals surface area (Å²) in [7, 11) is 1.88. The average Bonchev–Trinajstić information content (AvgIpc) is 2.53. The first-order valence-electron chi connectivity index (χ1n) is 6.19. The molecule has 0 atom stereocenters. The summed E-state index contributed by atoms with van der Waals surface area (Å²) >= 11 is 3.54. The first-order valence-corrected chi connectivity index (χ1v) is 6.98. The van der Waals surface area contributed by atoms with Gasteiger partial charge in [-0.3, -0.25) is 14.8 Å². The van der Waals surface area contributed by atoms with Crippen molar-refractivity contribution in [2.24, 2.45) is 7.05 Å². The molecule has 2 rings (SSSR count). The molecule has 1 saturated carbocycles. The highest BCUT2D eigenvalue weighted by Gasteiger charge is 2.44. The van der Waals surface area contributed by atoms with Crippen LogP contribution in [-0.4, -0.2) is 26.4 Å². The maximum atomic E-state index is 11.3. The Labute approximate surface area is 115 Å². The summed E-state index contributed by atoms with van der Waals surface area (Å²) in [6.07, 6.45) is 3.25. The monoisotopic (exact) mass is 315 g/mol. The van der Waals surface area contributed by atoms with Crippen LogP contribution in [-0.2, 0) is 24.8 Å². The third-order valence-corrected chi connectivity index (χ3v) is 4.63. The van der Waals surface area contributed by atoms with Crippen LogP contribution in [0.3, 0.4) is 0 Å². The van der Waals surface area contributed by atoms with E-state index in [0.717, 1.165) is 28.7 Å². The van der Waals surface area contributed by atoms with Crippen molar-refractivity contribution >= 4 is 21.9 Å². The number of hydrogen-bond acceptors (Lipinski definition) is 3.